The van der Waals surface area contributed by atoms with Gasteiger partial charge < -0.3 is 10.1 Å². The molecule has 0 aliphatic carbocycles. The molecular weight excluding hydrogens is 266 g/mol. The number of nitrogens with zero attached hydrogens (tertiary/aromatic N) is 2. The zero-order valence-corrected chi connectivity index (χ0v) is 12.7. The van der Waals surface area contributed by atoms with E-state index in [1.807, 2.05) is 26.1 Å². The molecular formula is C16H23N3O2. The molecule has 2 aliphatic heterocycles. The van der Waals surface area contributed by atoms with E-state index in [0.717, 1.165) is 38.3 Å². The number of rotatable bonds is 4. The van der Waals surface area contributed by atoms with Gasteiger partial charge in [0.1, 0.15) is 18.0 Å². The number of carbonyl (C=O) groups is 1. The third kappa shape index (κ3) is 3.35. The summed E-state index contributed by atoms with van der Waals surface area (Å²) in [6.07, 6.45) is 3.89. The molecule has 2 aliphatic rings. The Hall–Kier alpha value is -1.62. The highest BCUT2D eigenvalue weighted by Crippen LogP contribution is 2.26. The second-order valence-corrected chi connectivity index (χ2v) is 6.25. The molecule has 3 rings (SSSR count). The molecule has 0 saturated carbocycles. The van der Waals surface area contributed by atoms with Crippen molar-refractivity contribution in [2.45, 2.75) is 38.8 Å². The van der Waals surface area contributed by atoms with Gasteiger partial charge in [-0.05, 0) is 44.4 Å². The first kappa shape index (κ1) is 14.3. The van der Waals surface area contributed by atoms with Gasteiger partial charge in [0.15, 0.2) is 0 Å². The van der Waals surface area contributed by atoms with E-state index in [1.165, 1.54) is 5.56 Å². The Kier molecular flexibility index (Phi) is 4.10. The minimum Gasteiger partial charge on any atom is -0.461 e. The Morgan fingerprint density at radius 3 is 3.00 bits per heavy atom. The molecule has 0 radical (unpaired) electrons. The molecule has 5 nitrogen and oxygen atoms in total. The molecule has 0 aromatic carbocycles. The van der Waals surface area contributed by atoms with Crippen molar-refractivity contribution in [3.63, 3.8) is 0 Å². The van der Waals surface area contributed by atoms with Crippen LogP contribution in [0, 0.1) is 12.8 Å². The molecule has 1 N–H and O–H groups in total. The van der Waals surface area contributed by atoms with Crippen LogP contribution in [0.3, 0.4) is 0 Å². The van der Waals surface area contributed by atoms with Crippen molar-refractivity contribution in [3.8, 4) is 0 Å². The second kappa shape index (κ2) is 6.02. The normalized spacial score (nSPS) is 29.6. The van der Waals surface area contributed by atoms with Gasteiger partial charge in [0, 0.05) is 25.7 Å². The fourth-order valence-corrected chi connectivity index (χ4v) is 3.17. The van der Waals surface area contributed by atoms with Gasteiger partial charge in [-0.2, -0.15) is 0 Å². The summed E-state index contributed by atoms with van der Waals surface area (Å²) in [5.41, 5.74) is 1.17. The number of carbonyl (C=O) groups excluding carboxylic acids is 1. The van der Waals surface area contributed by atoms with E-state index >= 15 is 0 Å². The summed E-state index contributed by atoms with van der Waals surface area (Å²) in [6, 6.07) is 4.05. The monoisotopic (exact) mass is 289 g/mol. The Morgan fingerprint density at radius 2 is 2.33 bits per heavy atom. The van der Waals surface area contributed by atoms with Crippen molar-refractivity contribution in [3.05, 3.63) is 23.9 Å². The van der Waals surface area contributed by atoms with Gasteiger partial charge in [0.2, 0.25) is 0 Å². The SMILES string of the molecule is Cc1ccc(NCC2CCN(C3CC(C)OC3=O)C2)nc1. The zero-order valence-electron chi connectivity index (χ0n) is 12.7. The predicted molar refractivity (Wildman–Crippen MR) is 81.1 cm³/mol. The van der Waals surface area contributed by atoms with Gasteiger partial charge in [-0.25, -0.2) is 4.98 Å². The maximum Gasteiger partial charge on any atom is 0.323 e. The highest BCUT2D eigenvalue weighted by Gasteiger charge is 2.39. The van der Waals surface area contributed by atoms with E-state index in [4.69, 9.17) is 4.74 Å². The number of hydrogen-bond acceptors (Lipinski definition) is 5. The molecule has 2 fully saturated rings. The Morgan fingerprint density at radius 1 is 1.48 bits per heavy atom. The van der Waals surface area contributed by atoms with E-state index in [-0.39, 0.29) is 18.1 Å². The number of aromatic nitrogens is 1. The average molecular weight is 289 g/mol. The number of likely N-dealkylation sites (tertiary alicyclic amines) is 1. The summed E-state index contributed by atoms with van der Waals surface area (Å²) >= 11 is 0. The van der Waals surface area contributed by atoms with Crippen LogP contribution in [0.25, 0.3) is 0 Å². The Bertz CT molecular complexity index is 503. The van der Waals surface area contributed by atoms with Gasteiger partial charge in [-0.15, -0.1) is 0 Å². The lowest BCUT2D eigenvalue weighted by Crippen LogP contribution is -2.37. The highest BCUT2D eigenvalue weighted by atomic mass is 16.6. The van der Waals surface area contributed by atoms with Gasteiger partial charge in [-0.3, -0.25) is 9.69 Å². The lowest BCUT2D eigenvalue weighted by atomic mass is 10.1. The van der Waals surface area contributed by atoms with Gasteiger partial charge in [0.25, 0.3) is 0 Å². The molecule has 1 aromatic rings. The largest absolute Gasteiger partial charge is 0.461 e. The minimum atomic E-state index is -0.0451. The molecule has 5 heteroatoms. The number of pyridine rings is 1. The van der Waals surface area contributed by atoms with Crippen molar-refractivity contribution in [2.24, 2.45) is 5.92 Å². The lowest BCUT2D eigenvalue weighted by molar-refractivity contribution is -0.144. The predicted octanol–water partition coefficient (Wildman–Crippen LogP) is 1.83. The number of aryl methyl sites for hydroxylation is 1. The van der Waals surface area contributed by atoms with Crippen molar-refractivity contribution >= 4 is 11.8 Å². The maximum absolute atomic E-state index is 11.8. The molecule has 0 amide bonds. The lowest BCUT2D eigenvalue weighted by Gasteiger charge is -2.20. The molecule has 3 heterocycles. The number of ether oxygens (including phenoxy) is 1. The maximum atomic E-state index is 11.8. The molecule has 1 aromatic heterocycles. The summed E-state index contributed by atoms with van der Waals surface area (Å²) in [6.45, 7) is 6.86. The Balaban J connectivity index is 1.48. The molecule has 3 unspecified atom stereocenters. The number of hydrogen-bond donors (Lipinski definition) is 1. The van der Waals surface area contributed by atoms with Gasteiger partial charge in [-0.1, -0.05) is 6.07 Å². The van der Waals surface area contributed by atoms with Crippen LogP contribution in [0.15, 0.2) is 18.3 Å². The van der Waals surface area contributed by atoms with Gasteiger partial charge >= 0.3 is 5.97 Å². The second-order valence-electron chi connectivity index (χ2n) is 6.25. The molecule has 0 spiro atoms. The van der Waals surface area contributed by atoms with E-state index in [1.54, 1.807) is 0 Å². The number of esters is 1. The van der Waals surface area contributed by atoms with Crippen molar-refractivity contribution in [1.82, 2.24) is 9.88 Å². The molecule has 114 valence electrons. The number of nitrogens with one attached hydrogen (secondary N) is 1. The topological polar surface area (TPSA) is 54.5 Å². The van der Waals surface area contributed by atoms with Crippen molar-refractivity contribution < 1.29 is 9.53 Å². The van der Waals surface area contributed by atoms with E-state index in [9.17, 15) is 4.79 Å². The molecule has 2 saturated heterocycles. The quantitative estimate of drug-likeness (QED) is 0.857. The van der Waals surface area contributed by atoms with Crippen LogP contribution in [0.1, 0.15) is 25.3 Å². The first-order chi connectivity index (χ1) is 10.1. The molecule has 0 bridgehead atoms. The van der Waals surface area contributed by atoms with Crippen LogP contribution in [0.5, 0.6) is 0 Å². The van der Waals surface area contributed by atoms with Crippen LogP contribution in [-0.4, -0.2) is 47.6 Å². The number of cyclic esters (lactones) is 1. The highest BCUT2D eigenvalue weighted by molar-refractivity contribution is 5.78. The summed E-state index contributed by atoms with van der Waals surface area (Å²) in [7, 11) is 0. The zero-order chi connectivity index (χ0) is 14.8. The van der Waals surface area contributed by atoms with Crippen LogP contribution >= 0.6 is 0 Å². The first-order valence-electron chi connectivity index (χ1n) is 7.73. The van der Waals surface area contributed by atoms with E-state index < -0.39 is 0 Å². The third-order valence-corrected chi connectivity index (χ3v) is 4.39. The summed E-state index contributed by atoms with van der Waals surface area (Å²) in [4.78, 5) is 18.4. The smallest absolute Gasteiger partial charge is 0.323 e. The van der Waals surface area contributed by atoms with Crippen molar-refractivity contribution in [1.29, 1.82) is 0 Å². The summed E-state index contributed by atoms with van der Waals surface area (Å²) in [5.74, 6) is 1.45. The minimum absolute atomic E-state index is 0.0255. The fourth-order valence-electron chi connectivity index (χ4n) is 3.17. The molecule has 3 atom stereocenters. The summed E-state index contributed by atoms with van der Waals surface area (Å²) in [5, 5.41) is 3.39. The third-order valence-electron chi connectivity index (χ3n) is 4.39. The Labute approximate surface area is 125 Å². The van der Waals surface area contributed by atoms with Crippen LogP contribution < -0.4 is 5.32 Å². The standard InChI is InChI=1S/C16H23N3O2/c1-11-3-4-15(17-8-11)18-9-13-5-6-19(10-13)14-7-12(2)21-16(14)20/h3-4,8,12-14H,5-7,9-10H2,1-2H3,(H,17,18). The van der Waals surface area contributed by atoms with Crippen LogP contribution in [0.2, 0.25) is 0 Å². The van der Waals surface area contributed by atoms with E-state index in [0.29, 0.717) is 5.92 Å². The first-order valence-corrected chi connectivity index (χ1v) is 7.73. The fraction of sp³-hybridized carbons (Fsp3) is 0.625. The van der Waals surface area contributed by atoms with E-state index in [2.05, 4.69) is 21.3 Å². The van der Waals surface area contributed by atoms with Gasteiger partial charge in [0.05, 0.1) is 0 Å². The number of anilines is 1. The summed E-state index contributed by atoms with van der Waals surface area (Å²) < 4.78 is 5.26. The average Bonchev–Trinajstić information content (AvgIpc) is 3.04. The van der Waals surface area contributed by atoms with Crippen LogP contribution in [-0.2, 0) is 9.53 Å². The van der Waals surface area contributed by atoms with Crippen molar-refractivity contribution in [2.75, 3.05) is 25.0 Å². The van der Waals surface area contributed by atoms with Crippen LogP contribution in [0.4, 0.5) is 5.82 Å². The molecule has 21 heavy (non-hydrogen) atoms.